The molecule has 1 aliphatic rings. The van der Waals surface area contributed by atoms with Crippen LogP contribution in [0.2, 0.25) is 0 Å². The molecule has 1 aromatic rings. The van der Waals surface area contributed by atoms with E-state index in [1.54, 1.807) is 6.92 Å². The Morgan fingerprint density at radius 3 is 2.54 bits per heavy atom. The van der Waals surface area contributed by atoms with Crippen molar-refractivity contribution in [3.8, 4) is 0 Å². The lowest BCUT2D eigenvalue weighted by Crippen LogP contribution is -2.43. The van der Waals surface area contributed by atoms with E-state index >= 15 is 0 Å². The lowest BCUT2D eigenvalue weighted by Gasteiger charge is -2.27. The third-order valence-electron chi connectivity index (χ3n) is 3.93. The van der Waals surface area contributed by atoms with Gasteiger partial charge in [-0.05, 0) is 19.4 Å². The number of likely N-dealkylation sites (N-methyl/N-ethyl adjacent to an activating group) is 1. The van der Waals surface area contributed by atoms with Crippen LogP contribution in [0.4, 0.5) is 13.2 Å². The van der Waals surface area contributed by atoms with E-state index in [2.05, 4.69) is 0 Å². The summed E-state index contributed by atoms with van der Waals surface area (Å²) in [4.78, 5) is 25.3. The molecule has 0 aromatic carbocycles. The van der Waals surface area contributed by atoms with Gasteiger partial charge in [0, 0.05) is 24.8 Å². The molecule has 0 N–H and O–H groups in total. The number of carbonyl (C=O) groups is 1. The number of aromatic nitrogens is 1. The highest BCUT2D eigenvalue weighted by Crippen LogP contribution is 2.28. The van der Waals surface area contributed by atoms with Crippen molar-refractivity contribution in [2.45, 2.75) is 32.1 Å². The Bertz CT molecular complexity index is 786. The molecule has 1 fully saturated rings. The van der Waals surface area contributed by atoms with Gasteiger partial charge < -0.3 is 9.47 Å². The number of alkyl halides is 3. The first-order valence-corrected chi connectivity index (χ1v) is 9.13. The number of sulfone groups is 1. The van der Waals surface area contributed by atoms with Gasteiger partial charge in [0.1, 0.15) is 6.54 Å². The number of nitrogens with zero attached hydrogens (tertiary/aromatic N) is 2. The first-order chi connectivity index (χ1) is 11.0. The van der Waals surface area contributed by atoms with E-state index in [-0.39, 0.29) is 18.1 Å². The fourth-order valence-electron chi connectivity index (χ4n) is 2.72. The first-order valence-electron chi connectivity index (χ1n) is 7.31. The summed E-state index contributed by atoms with van der Waals surface area (Å²) in [5.74, 6) is -0.768. The Hall–Kier alpha value is -1.84. The fourth-order valence-corrected chi connectivity index (χ4v) is 4.45. The van der Waals surface area contributed by atoms with Crippen LogP contribution in [0.1, 0.15) is 18.9 Å². The average molecular weight is 366 g/mol. The van der Waals surface area contributed by atoms with Crippen LogP contribution < -0.4 is 5.56 Å². The largest absolute Gasteiger partial charge is 0.417 e. The van der Waals surface area contributed by atoms with Gasteiger partial charge in [-0.15, -0.1) is 0 Å². The smallest absolute Gasteiger partial charge is 0.337 e. The molecule has 1 aromatic heterocycles. The summed E-state index contributed by atoms with van der Waals surface area (Å²) in [6.07, 6.45) is -3.73. The number of halogens is 3. The summed E-state index contributed by atoms with van der Waals surface area (Å²) in [5, 5.41) is 0. The Balaban J connectivity index is 2.20. The number of rotatable bonds is 4. The molecule has 10 heteroatoms. The highest BCUT2D eigenvalue weighted by atomic mass is 32.2. The summed E-state index contributed by atoms with van der Waals surface area (Å²) in [7, 11) is -3.20. The van der Waals surface area contributed by atoms with Gasteiger partial charge in [-0.3, -0.25) is 9.59 Å². The summed E-state index contributed by atoms with van der Waals surface area (Å²) < 4.78 is 61.9. The molecule has 24 heavy (non-hydrogen) atoms. The Morgan fingerprint density at radius 1 is 1.38 bits per heavy atom. The predicted octanol–water partition coefficient (Wildman–Crippen LogP) is 0.903. The molecular formula is C14H17F3N2O4S. The van der Waals surface area contributed by atoms with Crippen LogP contribution in [0.3, 0.4) is 0 Å². The minimum absolute atomic E-state index is 0.0229. The van der Waals surface area contributed by atoms with Crippen molar-refractivity contribution in [1.82, 2.24) is 9.47 Å². The average Bonchev–Trinajstić information content (AvgIpc) is 2.81. The molecule has 6 nitrogen and oxygen atoms in total. The second-order valence-electron chi connectivity index (χ2n) is 5.62. The lowest BCUT2D eigenvalue weighted by atomic mass is 10.2. The minimum Gasteiger partial charge on any atom is -0.337 e. The Kier molecular flexibility index (Phi) is 5.07. The van der Waals surface area contributed by atoms with Crippen LogP contribution in [0.15, 0.2) is 23.1 Å². The molecule has 0 bridgehead atoms. The van der Waals surface area contributed by atoms with E-state index in [0.29, 0.717) is 23.3 Å². The molecule has 0 saturated carbocycles. The maximum Gasteiger partial charge on any atom is 0.417 e. The van der Waals surface area contributed by atoms with E-state index in [9.17, 15) is 31.2 Å². The van der Waals surface area contributed by atoms with E-state index in [1.165, 1.54) is 4.90 Å². The number of hydrogen-bond acceptors (Lipinski definition) is 4. The molecule has 2 rings (SSSR count). The van der Waals surface area contributed by atoms with Gasteiger partial charge in [0.2, 0.25) is 5.91 Å². The molecule has 0 unspecified atom stereocenters. The van der Waals surface area contributed by atoms with Crippen molar-refractivity contribution in [3.05, 3.63) is 34.2 Å². The van der Waals surface area contributed by atoms with Crippen molar-refractivity contribution in [3.63, 3.8) is 0 Å². The summed E-state index contributed by atoms with van der Waals surface area (Å²) in [6.45, 7) is 1.30. The zero-order valence-corrected chi connectivity index (χ0v) is 13.7. The van der Waals surface area contributed by atoms with Gasteiger partial charge in [0.05, 0.1) is 17.1 Å². The van der Waals surface area contributed by atoms with Gasteiger partial charge >= 0.3 is 6.18 Å². The van der Waals surface area contributed by atoms with Gasteiger partial charge in [-0.25, -0.2) is 8.42 Å². The Morgan fingerprint density at radius 2 is 2.04 bits per heavy atom. The SMILES string of the molecule is CCN(C(=O)Cn1cc(C(F)(F)F)ccc1=O)[C@@H]1CCS(=O)(=O)C1. The standard InChI is InChI=1S/C14H17F3N2O4S/c1-2-19(11-5-6-24(22,23)9-11)13(21)8-18-7-10(14(15,16)17)3-4-12(18)20/h3-4,7,11H,2,5-6,8-9H2,1H3/t11-/m1/s1. The first kappa shape index (κ1) is 18.5. The Labute approximate surface area is 136 Å². The van der Waals surface area contributed by atoms with Gasteiger partial charge in [0.25, 0.3) is 5.56 Å². The number of hydrogen-bond donors (Lipinski definition) is 0. The quantitative estimate of drug-likeness (QED) is 0.794. The van der Waals surface area contributed by atoms with Crippen molar-refractivity contribution in [2.24, 2.45) is 0 Å². The molecule has 1 aliphatic heterocycles. The number of pyridine rings is 1. The van der Waals surface area contributed by atoms with Crippen molar-refractivity contribution >= 4 is 15.7 Å². The fraction of sp³-hybridized carbons (Fsp3) is 0.571. The molecule has 0 aliphatic carbocycles. The van der Waals surface area contributed by atoms with E-state index in [0.717, 1.165) is 6.07 Å². The van der Waals surface area contributed by atoms with Crippen molar-refractivity contribution in [1.29, 1.82) is 0 Å². The highest BCUT2D eigenvalue weighted by molar-refractivity contribution is 7.91. The monoisotopic (exact) mass is 366 g/mol. The van der Waals surface area contributed by atoms with Crippen LogP contribution in [0.25, 0.3) is 0 Å². The highest BCUT2D eigenvalue weighted by Gasteiger charge is 2.34. The minimum atomic E-state index is -4.62. The van der Waals surface area contributed by atoms with Crippen molar-refractivity contribution in [2.75, 3.05) is 18.1 Å². The molecule has 134 valence electrons. The predicted molar refractivity (Wildman–Crippen MR) is 80.1 cm³/mol. The molecule has 1 amide bonds. The zero-order valence-electron chi connectivity index (χ0n) is 12.9. The maximum atomic E-state index is 12.7. The molecular weight excluding hydrogens is 349 g/mol. The van der Waals surface area contributed by atoms with Crippen LogP contribution in [0, 0.1) is 0 Å². The zero-order chi connectivity index (χ0) is 18.1. The van der Waals surface area contributed by atoms with Gasteiger partial charge in [-0.2, -0.15) is 13.2 Å². The summed E-state index contributed by atoms with van der Waals surface area (Å²) in [6, 6.07) is 0.908. The van der Waals surface area contributed by atoms with Gasteiger partial charge in [0.15, 0.2) is 9.84 Å². The second-order valence-corrected chi connectivity index (χ2v) is 7.85. The van der Waals surface area contributed by atoms with Crippen LogP contribution in [-0.4, -0.2) is 47.9 Å². The summed E-state index contributed by atoms with van der Waals surface area (Å²) >= 11 is 0. The molecule has 2 heterocycles. The maximum absolute atomic E-state index is 12.7. The third-order valence-corrected chi connectivity index (χ3v) is 5.68. The second kappa shape index (κ2) is 6.58. The van der Waals surface area contributed by atoms with E-state index in [4.69, 9.17) is 0 Å². The third kappa shape index (κ3) is 4.16. The van der Waals surface area contributed by atoms with Crippen LogP contribution >= 0.6 is 0 Å². The molecule has 1 saturated heterocycles. The molecule has 0 spiro atoms. The van der Waals surface area contributed by atoms with Gasteiger partial charge in [-0.1, -0.05) is 0 Å². The topological polar surface area (TPSA) is 76.5 Å². The normalized spacial score (nSPS) is 20.1. The molecule has 0 radical (unpaired) electrons. The van der Waals surface area contributed by atoms with E-state index < -0.39 is 45.6 Å². The van der Waals surface area contributed by atoms with Crippen LogP contribution in [-0.2, 0) is 27.4 Å². The van der Waals surface area contributed by atoms with E-state index in [1.807, 2.05) is 0 Å². The van der Waals surface area contributed by atoms with Crippen LogP contribution in [0.5, 0.6) is 0 Å². The molecule has 1 atom stereocenters. The number of carbonyl (C=O) groups excluding carboxylic acids is 1. The lowest BCUT2D eigenvalue weighted by molar-refractivity contribution is -0.139. The number of amides is 1. The van der Waals surface area contributed by atoms with Crippen molar-refractivity contribution < 1.29 is 26.4 Å². The summed E-state index contributed by atoms with van der Waals surface area (Å²) in [5.41, 5.74) is -1.76.